The second kappa shape index (κ2) is 8.92. The normalized spacial score (nSPS) is 15.5. The van der Waals surface area contributed by atoms with E-state index in [1.165, 1.54) is 28.0 Å². The number of piperazine rings is 1. The second-order valence-electron chi connectivity index (χ2n) is 8.12. The third kappa shape index (κ3) is 4.03. The lowest BCUT2D eigenvalue weighted by Gasteiger charge is -2.40. The van der Waals surface area contributed by atoms with E-state index in [2.05, 4.69) is 32.0 Å². The van der Waals surface area contributed by atoms with Gasteiger partial charge in [0.25, 0.3) is 5.69 Å². The van der Waals surface area contributed by atoms with Crippen molar-refractivity contribution in [2.24, 2.45) is 0 Å². The molecule has 0 amide bonds. The van der Waals surface area contributed by atoms with Crippen molar-refractivity contribution in [2.75, 3.05) is 38.2 Å². The summed E-state index contributed by atoms with van der Waals surface area (Å²) in [6.07, 6.45) is 0. The van der Waals surface area contributed by atoms with E-state index in [1.54, 1.807) is 26.2 Å². The van der Waals surface area contributed by atoms with Crippen LogP contribution in [0.5, 0.6) is 11.6 Å². The number of aromatic hydroxyl groups is 1. The molecule has 1 atom stereocenters. The van der Waals surface area contributed by atoms with Crippen LogP contribution in [-0.4, -0.2) is 62.8 Å². The van der Waals surface area contributed by atoms with Gasteiger partial charge in [0.2, 0.25) is 10.8 Å². The van der Waals surface area contributed by atoms with E-state index < -0.39 is 4.92 Å². The maximum atomic E-state index is 11.2. The van der Waals surface area contributed by atoms with Crippen molar-refractivity contribution in [3.8, 4) is 11.6 Å². The van der Waals surface area contributed by atoms with Crippen LogP contribution in [0, 0.1) is 17.0 Å². The predicted octanol–water partition coefficient (Wildman–Crippen LogP) is 3.63. The zero-order valence-corrected chi connectivity index (χ0v) is 19.6. The summed E-state index contributed by atoms with van der Waals surface area (Å²) in [5.74, 6) is 1.47. The third-order valence-corrected chi connectivity index (χ3v) is 7.16. The highest BCUT2D eigenvalue weighted by Gasteiger charge is 2.32. The van der Waals surface area contributed by atoms with E-state index in [0.29, 0.717) is 10.8 Å². The third-order valence-electron chi connectivity index (χ3n) is 6.09. The van der Waals surface area contributed by atoms with Crippen molar-refractivity contribution in [1.29, 1.82) is 0 Å². The quantitative estimate of drug-likeness (QED) is 0.329. The van der Waals surface area contributed by atoms with Crippen LogP contribution in [0.1, 0.15) is 22.3 Å². The number of hydrogen-bond donors (Lipinski definition) is 1. The van der Waals surface area contributed by atoms with E-state index in [1.807, 2.05) is 12.1 Å². The zero-order valence-electron chi connectivity index (χ0n) is 18.8. The van der Waals surface area contributed by atoms with E-state index in [9.17, 15) is 15.2 Å². The Morgan fingerprint density at radius 1 is 1.09 bits per heavy atom. The lowest BCUT2D eigenvalue weighted by atomic mass is 10.0. The number of anilines is 1. The van der Waals surface area contributed by atoms with Crippen LogP contribution < -0.4 is 9.64 Å². The Morgan fingerprint density at radius 2 is 1.76 bits per heavy atom. The minimum Gasteiger partial charge on any atom is -0.497 e. The fraction of sp³-hybridized carbons (Fsp3) is 0.304. The lowest BCUT2D eigenvalue weighted by Crippen LogP contribution is -2.47. The Kier molecular flexibility index (Phi) is 5.80. The summed E-state index contributed by atoms with van der Waals surface area (Å²) in [6.45, 7) is 4.89. The van der Waals surface area contributed by atoms with Crippen molar-refractivity contribution in [1.82, 2.24) is 19.5 Å². The standard InChI is InChI=1S/C23H24N6O4S/c1-15-24-23-28(25-15)22(30)21(34-23)20(16-3-5-18(6-4-16)29(31)32)27-13-11-26(12-14-27)17-7-9-19(33-2)10-8-17/h3-10,20,30H,11-14H2,1-2H3/t20-/m0/s1. The van der Waals surface area contributed by atoms with Gasteiger partial charge < -0.3 is 14.7 Å². The Morgan fingerprint density at radius 3 is 2.35 bits per heavy atom. The van der Waals surface area contributed by atoms with E-state index in [-0.39, 0.29) is 17.6 Å². The number of hydrogen-bond acceptors (Lipinski definition) is 9. The lowest BCUT2D eigenvalue weighted by molar-refractivity contribution is -0.384. The molecule has 2 aromatic carbocycles. The summed E-state index contributed by atoms with van der Waals surface area (Å²) < 4.78 is 6.72. The molecule has 0 saturated carbocycles. The van der Waals surface area contributed by atoms with Gasteiger partial charge in [-0.2, -0.15) is 4.52 Å². The molecule has 4 aromatic rings. The van der Waals surface area contributed by atoms with Gasteiger partial charge in [0, 0.05) is 44.0 Å². The summed E-state index contributed by atoms with van der Waals surface area (Å²) in [6, 6.07) is 14.3. The van der Waals surface area contributed by atoms with Crippen LogP contribution in [0.15, 0.2) is 48.5 Å². The number of non-ortho nitro benzene ring substituents is 1. The Hall–Kier alpha value is -3.70. The number of aryl methyl sites for hydroxylation is 1. The van der Waals surface area contributed by atoms with Gasteiger partial charge in [-0.1, -0.05) is 23.5 Å². The van der Waals surface area contributed by atoms with Gasteiger partial charge >= 0.3 is 0 Å². The maximum absolute atomic E-state index is 11.2. The molecule has 5 rings (SSSR count). The van der Waals surface area contributed by atoms with E-state index in [0.717, 1.165) is 48.1 Å². The highest BCUT2D eigenvalue weighted by molar-refractivity contribution is 7.17. The minimum atomic E-state index is -0.407. The fourth-order valence-electron chi connectivity index (χ4n) is 4.36. The number of fused-ring (bicyclic) bond motifs is 1. The molecule has 1 N–H and O–H groups in total. The molecule has 3 heterocycles. The number of benzene rings is 2. The van der Waals surface area contributed by atoms with Crippen LogP contribution >= 0.6 is 11.3 Å². The molecule has 176 valence electrons. The first-order valence-corrected chi connectivity index (χ1v) is 11.7. The zero-order chi connectivity index (χ0) is 23.8. The number of ether oxygens (including phenoxy) is 1. The Balaban J connectivity index is 1.45. The van der Waals surface area contributed by atoms with Gasteiger partial charge in [0.1, 0.15) is 11.6 Å². The highest BCUT2D eigenvalue weighted by Crippen LogP contribution is 2.40. The molecule has 11 heteroatoms. The summed E-state index contributed by atoms with van der Waals surface area (Å²) in [5, 5.41) is 26.5. The SMILES string of the molecule is COc1ccc(N2CCN([C@@H](c3ccc([N+](=O)[O-])cc3)c3sc4nc(C)nn4c3O)CC2)cc1. The van der Waals surface area contributed by atoms with Crippen molar-refractivity contribution in [3.63, 3.8) is 0 Å². The van der Waals surface area contributed by atoms with Gasteiger partial charge in [-0.3, -0.25) is 15.0 Å². The Bertz CT molecular complexity index is 1310. The summed E-state index contributed by atoms with van der Waals surface area (Å²) in [7, 11) is 1.65. The molecule has 1 aliphatic rings. The number of aromatic nitrogens is 3. The van der Waals surface area contributed by atoms with Crippen molar-refractivity contribution >= 4 is 27.7 Å². The van der Waals surface area contributed by atoms with Crippen molar-refractivity contribution < 1.29 is 14.8 Å². The van der Waals surface area contributed by atoms with Gasteiger partial charge in [-0.05, 0) is 36.8 Å². The molecule has 34 heavy (non-hydrogen) atoms. The number of nitrogens with zero attached hydrogens (tertiary/aromatic N) is 6. The van der Waals surface area contributed by atoms with Gasteiger partial charge in [0.05, 0.1) is 23.0 Å². The maximum Gasteiger partial charge on any atom is 0.269 e. The molecule has 1 saturated heterocycles. The highest BCUT2D eigenvalue weighted by atomic mass is 32.1. The minimum absolute atomic E-state index is 0.0364. The average molecular weight is 481 g/mol. The van der Waals surface area contributed by atoms with Gasteiger partial charge in [-0.15, -0.1) is 5.10 Å². The molecule has 1 aliphatic heterocycles. The van der Waals surface area contributed by atoms with Gasteiger partial charge in [-0.25, -0.2) is 4.98 Å². The van der Waals surface area contributed by atoms with Crippen LogP contribution in [-0.2, 0) is 0 Å². The van der Waals surface area contributed by atoms with Crippen LogP contribution in [0.3, 0.4) is 0 Å². The number of rotatable bonds is 6. The molecule has 10 nitrogen and oxygen atoms in total. The largest absolute Gasteiger partial charge is 0.497 e. The molecule has 0 radical (unpaired) electrons. The number of nitro benzene ring substituents is 1. The number of methoxy groups -OCH3 is 1. The average Bonchev–Trinajstić information content (AvgIpc) is 3.37. The van der Waals surface area contributed by atoms with Crippen LogP contribution in [0.2, 0.25) is 0 Å². The number of nitro groups is 1. The molecule has 0 bridgehead atoms. The molecule has 2 aromatic heterocycles. The first-order valence-electron chi connectivity index (χ1n) is 10.9. The second-order valence-corrected chi connectivity index (χ2v) is 9.12. The smallest absolute Gasteiger partial charge is 0.269 e. The van der Waals surface area contributed by atoms with Crippen LogP contribution in [0.25, 0.3) is 4.96 Å². The topological polar surface area (TPSA) is 109 Å². The monoisotopic (exact) mass is 480 g/mol. The van der Waals surface area contributed by atoms with Crippen molar-refractivity contribution in [2.45, 2.75) is 13.0 Å². The van der Waals surface area contributed by atoms with Crippen molar-refractivity contribution in [3.05, 3.63) is 74.9 Å². The van der Waals surface area contributed by atoms with E-state index in [4.69, 9.17) is 4.74 Å². The molecular formula is C23H24N6O4S. The summed E-state index contributed by atoms with van der Waals surface area (Å²) >= 11 is 1.39. The first kappa shape index (κ1) is 22.1. The van der Waals surface area contributed by atoms with E-state index >= 15 is 0 Å². The summed E-state index contributed by atoms with van der Waals surface area (Å²) in [4.78, 5) is 21.1. The van der Waals surface area contributed by atoms with Gasteiger partial charge in [0.15, 0.2) is 0 Å². The molecule has 0 unspecified atom stereocenters. The molecule has 0 aliphatic carbocycles. The summed E-state index contributed by atoms with van der Waals surface area (Å²) in [5.41, 5.74) is 2.04. The molecule has 1 fully saturated rings. The molecular weight excluding hydrogens is 456 g/mol. The first-order chi connectivity index (χ1) is 16.4. The predicted molar refractivity (Wildman–Crippen MR) is 129 cm³/mol. The van der Waals surface area contributed by atoms with Crippen LogP contribution in [0.4, 0.5) is 11.4 Å². The fourth-order valence-corrected chi connectivity index (χ4v) is 5.53. The number of thiazole rings is 1. The molecule has 0 spiro atoms. The Labute approximate surface area is 199 Å².